The lowest BCUT2D eigenvalue weighted by atomic mass is 10.0. The Hall–Kier alpha value is -3.48. The first kappa shape index (κ1) is 23.7. The van der Waals surface area contributed by atoms with Crippen LogP contribution < -0.4 is 5.32 Å². The molecule has 0 bridgehead atoms. The van der Waals surface area contributed by atoms with Crippen LogP contribution in [-0.2, 0) is 11.3 Å². The van der Waals surface area contributed by atoms with Gasteiger partial charge >= 0.3 is 5.97 Å². The summed E-state index contributed by atoms with van der Waals surface area (Å²) in [5, 5.41) is 12.0. The van der Waals surface area contributed by atoms with Crippen molar-refractivity contribution >= 4 is 17.6 Å². The number of carbonyl (C=O) groups is 2. The van der Waals surface area contributed by atoms with Crippen molar-refractivity contribution in [2.45, 2.75) is 25.4 Å². The highest BCUT2D eigenvalue weighted by Gasteiger charge is 2.23. The summed E-state index contributed by atoms with van der Waals surface area (Å²) in [5.74, 6) is -0.903. The number of nitrogens with zero attached hydrogens (tertiary/aromatic N) is 2. The summed E-state index contributed by atoms with van der Waals surface area (Å²) in [7, 11) is 2.02. The average Bonchev–Trinajstić information content (AvgIpc) is 2.86. The molecule has 3 aromatic carbocycles. The van der Waals surface area contributed by atoms with Crippen LogP contribution in [0.2, 0.25) is 0 Å². The molecule has 4 rings (SSSR count). The van der Waals surface area contributed by atoms with Crippen molar-refractivity contribution in [3.8, 4) is 11.1 Å². The molecule has 6 nitrogen and oxygen atoms in total. The van der Waals surface area contributed by atoms with Gasteiger partial charge in [0.2, 0.25) is 5.91 Å². The Bertz CT molecular complexity index is 1090. The van der Waals surface area contributed by atoms with E-state index in [-0.39, 0.29) is 5.91 Å². The zero-order valence-corrected chi connectivity index (χ0v) is 19.5. The number of rotatable bonds is 8. The van der Waals surface area contributed by atoms with Crippen molar-refractivity contribution in [3.05, 3.63) is 90.0 Å². The Labute approximate surface area is 200 Å². The Morgan fingerprint density at radius 2 is 1.53 bits per heavy atom. The quantitative estimate of drug-likeness (QED) is 0.518. The molecule has 0 aromatic heterocycles. The molecule has 0 saturated carbocycles. The van der Waals surface area contributed by atoms with Gasteiger partial charge in [0.25, 0.3) is 0 Å². The van der Waals surface area contributed by atoms with Gasteiger partial charge in [0, 0.05) is 18.3 Å². The van der Waals surface area contributed by atoms with Gasteiger partial charge in [0.1, 0.15) is 0 Å². The molecule has 0 radical (unpaired) electrons. The number of carboxylic acid groups (broad SMARTS) is 1. The van der Waals surface area contributed by atoms with Crippen molar-refractivity contribution < 1.29 is 14.7 Å². The molecule has 1 aliphatic rings. The van der Waals surface area contributed by atoms with Gasteiger partial charge in [0.05, 0.1) is 12.1 Å². The van der Waals surface area contributed by atoms with Gasteiger partial charge < -0.3 is 10.4 Å². The lowest BCUT2D eigenvalue weighted by Gasteiger charge is -2.36. The topological polar surface area (TPSA) is 72.9 Å². The summed E-state index contributed by atoms with van der Waals surface area (Å²) in [5.41, 5.74) is 4.52. The molecule has 1 aliphatic heterocycles. The number of hydrogen-bond acceptors (Lipinski definition) is 4. The maximum absolute atomic E-state index is 12.6. The maximum atomic E-state index is 12.6. The van der Waals surface area contributed by atoms with Crippen molar-refractivity contribution in [3.63, 3.8) is 0 Å². The van der Waals surface area contributed by atoms with E-state index >= 15 is 0 Å². The van der Waals surface area contributed by atoms with Crippen LogP contribution in [0.5, 0.6) is 0 Å². The van der Waals surface area contributed by atoms with Crippen LogP contribution >= 0.6 is 0 Å². The van der Waals surface area contributed by atoms with Crippen LogP contribution in [0.1, 0.15) is 28.8 Å². The van der Waals surface area contributed by atoms with Crippen molar-refractivity contribution in [2.75, 3.05) is 32.0 Å². The molecule has 1 amide bonds. The number of carbonyl (C=O) groups excluding carboxylic acids is 1. The minimum absolute atomic E-state index is 0.00379. The zero-order chi connectivity index (χ0) is 23.9. The number of carboxylic acids is 1. The summed E-state index contributed by atoms with van der Waals surface area (Å²) in [4.78, 5) is 28.1. The van der Waals surface area contributed by atoms with Crippen molar-refractivity contribution in [1.29, 1.82) is 0 Å². The third-order valence-corrected chi connectivity index (χ3v) is 6.46. The fourth-order valence-electron chi connectivity index (χ4n) is 4.46. The van der Waals surface area contributed by atoms with Gasteiger partial charge in [-0.1, -0.05) is 54.6 Å². The van der Waals surface area contributed by atoms with Gasteiger partial charge in [-0.25, -0.2) is 4.79 Å². The van der Waals surface area contributed by atoms with E-state index in [9.17, 15) is 9.59 Å². The number of aromatic carboxylic acids is 1. The number of amides is 1. The van der Waals surface area contributed by atoms with E-state index in [1.54, 1.807) is 12.1 Å². The van der Waals surface area contributed by atoms with Gasteiger partial charge in [-0.3, -0.25) is 14.6 Å². The zero-order valence-electron chi connectivity index (χ0n) is 19.5. The maximum Gasteiger partial charge on any atom is 0.335 e. The molecule has 0 unspecified atom stereocenters. The predicted molar refractivity (Wildman–Crippen MR) is 135 cm³/mol. The average molecular weight is 458 g/mol. The van der Waals surface area contributed by atoms with Crippen LogP contribution in [0.25, 0.3) is 11.1 Å². The minimum Gasteiger partial charge on any atom is -0.478 e. The number of likely N-dealkylation sites (tertiary alicyclic amines) is 1. The molecule has 1 fully saturated rings. The van der Waals surface area contributed by atoms with E-state index in [2.05, 4.69) is 27.2 Å². The molecule has 3 aromatic rings. The minimum atomic E-state index is -0.899. The number of hydrogen-bond donors (Lipinski definition) is 2. The molecule has 6 heteroatoms. The molecule has 2 N–H and O–H groups in total. The second-order valence-corrected chi connectivity index (χ2v) is 8.92. The second kappa shape index (κ2) is 11.1. The lowest BCUT2D eigenvalue weighted by molar-refractivity contribution is -0.117. The highest BCUT2D eigenvalue weighted by molar-refractivity contribution is 5.92. The first-order chi connectivity index (χ1) is 16.5. The molecule has 1 heterocycles. The molecule has 0 aliphatic carbocycles. The molecule has 176 valence electrons. The Kier molecular flexibility index (Phi) is 7.72. The first-order valence-corrected chi connectivity index (χ1v) is 11.7. The van der Waals surface area contributed by atoms with E-state index in [0.717, 1.165) is 54.9 Å². The summed E-state index contributed by atoms with van der Waals surface area (Å²) in [6.45, 7) is 3.09. The van der Waals surface area contributed by atoms with E-state index in [1.165, 1.54) is 0 Å². The first-order valence-electron chi connectivity index (χ1n) is 11.7. The van der Waals surface area contributed by atoms with E-state index in [1.807, 2.05) is 61.6 Å². The molecular weight excluding hydrogens is 426 g/mol. The number of nitrogens with one attached hydrogen (secondary N) is 1. The molecule has 0 atom stereocenters. The summed E-state index contributed by atoms with van der Waals surface area (Å²) < 4.78 is 0. The number of benzene rings is 3. The Morgan fingerprint density at radius 3 is 2.15 bits per heavy atom. The van der Waals surface area contributed by atoms with Crippen LogP contribution in [0.4, 0.5) is 5.69 Å². The normalized spacial score (nSPS) is 14.8. The molecule has 34 heavy (non-hydrogen) atoms. The number of likely N-dealkylation sites (N-methyl/N-ethyl adjacent to an activating group) is 1. The summed E-state index contributed by atoms with van der Waals surface area (Å²) >= 11 is 0. The third-order valence-electron chi connectivity index (χ3n) is 6.46. The standard InChI is InChI=1S/C28H31N3O3/c1-30(20-27(32)29-25-13-11-23(12-14-25)22-5-3-2-4-6-22)26-15-17-31(18-16-26)19-21-7-9-24(10-8-21)28(33)34/h2-14,26H,15-20H2,1H3,(H,29,32)(H,33,34). The summed E-state index contributed by atoms with van der Waals surface area (Å²) in [6.07, 6.45) is 2.01. The van der Waals surface area contributed by atoms with E-state index < -0.39 is 5.97 Å². The van der Waals surface area contributed by atoms with E-state index in [0.29, 0.717) is 18.2 Å². The lowest BCUT2D eigenvalue weighted by Crippen LogP contribution is -2.45. The van der Waals surface area contributed by atoms with Crippen LogP contribution in [0.15, 0.2) is 78.9 Å². The van der Waals surface area contributed by atoms with Gasteiger partial charge in [0.15, 0.2) is 0 Å². The number of piperidine rings is 1. The Morgan fingerprint density at radius 1 is 0.912 bits per heavy atom. The monoisotopic (exact) mass is 457 g/mol. The van der Waals surface area contributed by atoms with Gasteiger partial charge in [-0.15, -0.1) is 0 Å². The number of anilines is 1. The van der Waals surface area contributed by atoms with Crippen LogP contribution in [-0.4, -0.2) is 59.5 Å². The SMILES string of the molecule is CN(CC(=O)Nc1ccc(-c2ccccc2)cc1)C1CCN(Cc2ccc(C(=O)O)cc2)CC1. The van der Waals surface area contributed by atoms with Gasteiger partial charge in [-0.2, -0.15) is 0 Å². The van der Waals surface area contributed by atoms with Gasteiger partial charge in [-0.05, 0) is 73.9 Å². The smallest absolute Gasteiger partial charge is 0.335 e. The highest BCUT2D eigenvalue weighted by Crippen LogP contribution is 2.21. The Balaban J connectivity index is 1.21. The van der Waals surface area contributed by atoms with Crippen molar-refractivity contribution in [2.24, 2.45) is 0 Å². The fourth-order valence-corrected chi connectivity index (χ4v) is 4.46. The molecule has 1 saturated heterocycles. The second-order valence-electron chi connectivity index (χ2n) is 8.92. The fraction of sp³-hybridized carbons (Fsp3) is 0.286. The highest BCUT2D eigenvalue weighted by atomic mass is 16.4. The molecule has 0 spiro atoms. The largest absolute Gasteiger partial charge is 0.478 e. The van der Waals surface area contributed by atoms with Crippen LogP contribution in [0, 0.1) is 0 Å². The predicted octanol–water partition coefficient (Wildman–Crippen LogP) is 4.59. The van der Waals surface area contributed by atoms with E-state index in [4.69, 9.17) is 5.11 Å². The molecular formula is C28H31N3O3. The van der Waals surface area contributed by atoms with Crippen LogP contribution in [0.3, 0.4) is 0 Å². The summed E-state index contributed by atoms with van der Waals surface area (Å²) in [6, 6.07) is 25.6. The third kappa shape index (κ3) is 6.31. The van der Waals surface area contributed by atoms with Crippen molar-refractivity contribution in [1.82, 2.24) is 9.80 Å².